The van der Waals surface area contributed by atoms with E-state index in [0.29, 0.717) is 23.7 Å². The zero-order valence-corrected chi connectivity index (χ0v) is 11.7. The molecule has 0 spiro atoms. The summed E-state index contributed by atoms with van der Waals surface area (Å²) in [4.78, 5) is 19.1. The molecule has 3 fully saturated rings. The smallest absolute Gasteiger partial charge is 0.226 e. The van der Waals surface area contributed by atoms with Crippen LogP contribution in [-0.4, -0.2) is 35.4 Å². The number of nitrogens with zero attached hydrogens (tertiary/aromatic N) is 2. The predicted octanol–water partition coefficient (Wildman–Crippen LogP) is 1.60. The standard InChI is InChI=1S/C16H21N3O/c20-16(15-12-4-1-5-13(12)15)19-8-7-18-10-14(19)11-3-2-6-17-9-11/h2-3,6,9,12-15,18H,1,4-5,7-8,10H2/t12-,13+,14-,15?/m1/s1. The highest BCUT2D eigenvalue weighted by molar-refractivity contribution is 5.83. The van der Waals surface area contributed by atoms with Crippen LogP contribution in [0.15, 0.2) is 24.5 Å². The van der Waals surface area contributed by atoms with E-state index >= 15 is 0 Å². The molecule has 20 heavy (non-hydrogen) atoms. The number of hydrogen-bond donors (Lipinski definition) is 1. The molecule has 1 aliphatic heterocycles. The number of rotatable bonds is 2. The number of carbonyl (C=O) groups excluding carboxylic acids is 1. The molecule has 4 nitrogen and oxygen atoms in total. The van der Waals surface area contributed by atoms with Crippen LogP contribution in [0.1, 0.15) is 30.9 Å². The van der Waals surface area contributed by atoms with E-state index in [0.717, 1.165) is 25.2 Å². The molecule has 1 aromatic heterocycles. The lowest BCUT2D eigenvalue weighted by atomic mass is 10.0. The summed E-state index contributed by atoms with van der Waals surface area (Å²) in [5, 5.41) is 3.41. The number of amides is 1. The summed E-state index contributed by atoms with van der Waals surface area (Å²) in [5.74, 6) is 2.13. The Hall–Kier alpha value is -1.42. The third-order valence-electron chi connectivity index (χ3n) is 5.29. The Morgan fingerprint density at radius 3 is 2.95 bits per heavy atom. The maximum Gasteiger partial charge on any atom is 0.226 e. The molecular formula is C16H21N3O. The minimum absolute atomic E-state index is 0.159. The fraction of sp³-hybridized carbons (Fsp3) is 0.625. The minimum atomic E-state index is 0.159. The molecule has 2 heterocycles. The number of aromatic nitrogens is 1. The minimum Gasteiger partial charge on any atom is -0.333 e. The largest absolute Gasteiger partial charge is 0.333 e. The number of carbonyl (C=O) groups is 1. The van der Waals surface area contributed by atoms with Crippen molar-refractivity contribution in [3.05, 3.63) is 30.1 Å². The van der Waals surface area contributed by atoms with Gasteiger partial charge < -0.3 is 10.2 Å². The SMILES string of the molecule is O=C(C1[C@H]2CCC[C@@H]12)N1CCNC[C@@H]1c1cccnc1. The number of piperazine rings is 1. The highest BCUT2D eigenvalue weighted by Crippen LogP contribution is 2.58. The first-order chi connectivity index (χ1) is 9.86. The van der Waals surface area contributed by atoms with Gasteiger partial charge in [0.25, 0.3) is 0 Å². The lowest BCUT2D eigenvalue weighted by molar-refractivity contribution is -0.136. The van der Waals surface area contributed by atoms with E-state index < -0.39 is 0 Å². The first kappa shape index (κ1) is 12.3. The van der Waals surface area contributed by atoms with E-state index in [2.05, 4.69) is 21.3 Å². The van der Waals surface area contributed by atoms with Crippen LogP contribution in [0.2, 0.25) is 0 Å². The van der Waals surface area contributed by atoms with Crippen molar-refractivity contribution >= 4 is 5.91 Å². The Morgan fingerprint density at radius 2 is 2.20 bits per heavy atom. The van der Waals surface area contributed by atoms with E-state index in [9.17, 15) is 4.79 Å². The Kier molecular flexibility index (Phi) is 2.99. The molecule has 1 aromatic rings. The maximum absolute atomic E-state index is 12.8. The van der Waals surface area contributed by atoms with Crippen molar-refractivity contribution in [2.24, 2.45) is 17.8 Å². The molecule has 0 radical (unpaired) electrons. The fourth-order valence-electron chi connectivity index (χ4n) is 4.22. The summed E-state index contributed by atoms with van der Waals surface area (Å²) in [7, 11) is 0. The summed E-state index contributed by atoms with van der Waals surface area (Å²) >= 11 is 0. The average Bonchev–Trinajstić information content (AvgIpc) is 2.99. The van der Waals surface area contributed by atoms with Gasteiger partial charge in [0.2, 0.25) is 5.91 Å². The van der Waals surface area contributed by atoms with Crippen LogP contribution in [0, 0.1) is 17.8 Å². The lowest BCUT2D eigenvalue weighted by Crippen LogP contribution is -2.49. The van der Waals surface area contributed by atoms with Gasteiger partial charge in [0, 0.05) is 37.9 Å². The monoisotopic (exact) mass is 271 g/mol. The molecular weight excluding hydrogens is 250 g/mol. The van der Waals surface area contributed by atoms with Gasteiger partial charge in [-0.2, -0.15) is 0 Å². The zero-order valence-electron chi connectivity index (χ0n) is 11.7. The summed E-state index contributed by atoms with van der Waals surface area (Å²) < 4.78 is 0. The lowest BCUT2D eigenvalue weighted by Gasteiger charge is -2.37. The topological polar surface area (TPSA) is 45.2 Å². The summed E-state index contributed by atoms with van der Waals surface area (Å²) in [6.07, 6.45) is 7.55. The molecule has 4 rings (SSSR count). The van der Waals surface area contributed by atoms with Gasteiger partial charge in [-0.05, 0) is 36.3 Å². The third kappa shape index (κ3) is 1.94. The normalized spacial score (nSPS) is 35.7. The molecule has 1 N–H and O–H groups in total. The molecule has 4 heteroatoms. The third-order valence-corrected chi connectivity index (χ3v) is 5.29. The summed E-state index contributed by atoms with van der Waals surface area (Å²) in [6, 6.07) is 4.20. The van der Waals surface area contributed by atoms with Crippen LogP contribution in [0.4, 0.5) is 0 Å². The van der Waals surface area contributed by atoms with Crippen molar-refractivity contribution in [2.75, 3.05) is 19.6 Å². The Morgan fingerprint density at radius 1 is 1.35 bits per heavy atom. The second-order valence-corrected chi connectivity index (χ2v) is 6.32. The molecule has 1 amide bonds. The summed E-state index contributed by atoms with van der Waals surface area (Å²) in [5.41, 5.74) is 1.15. The number of nitrogens with one attached hydrogen (secondary N) is 1. The van der Waals surface area contributed by atoms with Crippen molar-refractivity contribution in [1.82, 2.24) is 15.2 Å². The molecule has 0 aromatic carbocycles. The van der Waals surface area contributed by atoms with E-state index in [4.69, 9.17) is 0 Å². The number of fused-ring (bicyclic) bond motifs is 1. The van der Waals surface area contributed by atoms with Gasteiger partial charge in [0.1, 0.15) is 0 Å². The van der Waals surface area contributed by atoms with E-state index in [1.165, 1.54) is 19.3 Å². The van der Waals surface area contributed by atoms with Gasteiger partial charge in [-0.1, -0.05) is 12.5 Å². The Balaban J connectivity index is 1.54. The van der Waals surface area contributed by atoms with Gasteiger partial charge in [-0.15, -0.1) is 0 Å². The highest BCUT2D eigenvalue weighted by Gasteiger charge is 2.58. The molecule has 2 saturated carbocycles. The van der Waals surface area contributed by atoms with Gasteiger partial charge in [-0.25, -0.2) is 0 Å². The van der Waals surface area contributed by atoms with Crippen LogP contribution in [0.25, 0.3) is 0 Å². The second-order valence-electron chi connectivity index (χ2n) is 6.32. The van der Waals surface area contributed by atoms with E-state index in [1.807, 2.05) is 12.3 Å². The van der Waals surface area contributed by atoms with Gasteiger partial charge in [-0.3, -0.25) is 9.78 Å². The van der Waals surface area contributed by atoms with Crippen LogP contribution in [0.3, 0.4) is 0 Å². The van der Waals surface area contributed by atoms with Crippen LogP contribution >= 0.6 is 0 Å². The van der Waals surface area contributed by atoms with Gasteiger partial charge in [0.05, 0.1) is 6.04 Å². The highest BCUT2D eigenvalue weighted by atomic mass is 16.2. The Bertz CT molecular complexity index is 494. The summed E-state index contributed by atoms with van der Waals surface area (Å²) in [6.45, 7) is 2.58. The van der Waals surface area contributed by atoms with Crippen molar-refractivity contribution in [3.8, 4) is 0 Å². The number of hydrogen-bond acceptors (Lipinski definition) is 3. The molecule has 4 atom stereocenters. The van der Waals surface area contributed by atoms with Crippen molar-refractivity contribution in [3.63, 3.8) is 0 Å². The van der Waals surface area contributed by atoms with Crippen molar-refractivity contribution in [1.29, 1.82) is 0 Å². The van der Waals surface area contributed by atoms with Gasteiger partial charge >= 0.3 is 0 Å². The molecule has 1 unspecified atom stereocenters. The Labute approximate surface area is 119 Å². The maximum atomic E-state index is 12.8. The van der Waals surface area contributed by atoms with Crippen LogP contribution < -0.4 is 5.32 Å². The molecule has 3 aliphatic rings. The average molecular weight is 271 g/mol. The van der Waals surface area contributed by atoms with Crippen LogP contribution in [0.5, 0.6) is 0 Å². The van der Waals surface area contributed by atoms with Crippen molar-refractivity contribution in [2.45, 2.75) is 25.3 Å². The molecule has 2 aliphatic carbocycles. The zero-order chi connectivity index (χ0) is 13.5. The molecule has 0 bridgehead atoms. The first-order valence-corrected chi connectivity index (χ1v) is 7.77. The molecule has 1 saturated heterocycles. The predicted molar refractivity (Wildman–Crippen MR) is 75.9 cm³/mol. The number of pyridine rings is 1. The van der Waals surface area contributed by atoms with E-state index in [1.54, 1.807) is 6.20 Å². The fourth-order valence-corrected chi connectivity index (χ4v) is 4.22. The first-order valence-electron chi connectivity index (χ1n) is 7.77. The van der Waals surface area contributed by atoms with Gasteiger partial charge in [0.15, 0.2) is 0 Å². The van der Waals surface area contributed by atoms with E-state index in [-0.39, 0.29) is 6.04 Å². The van der Waals surface area contributed by atoms with Crippen LogP contribution in [-0.2, 0) is 4.79 Å². The van der Waals surface area contributed by atoms with Crippen molar-refractivity contribution < 1.29 is 4.79 Å². The molecule has 106 valence electrons. The second kappa shape index (κ2) is 4.85. The quantitative estimate of drug-likeness (QED) is 0.888.